The van der Waals surface area contributed by atoms with E-state index in [1.54, 1.807) is 0 Å². The number of hydrogen-bond acceptors (Lipinski definition) is 3. The molecule has 0 radical (unpaired) electrons. The fourth-order valence-electron chi connectivity index (χ4n) is 2.51. The molecule has 1 aliphatic rings. The van der Waals surface area contributed by atoms with E-state index in [1.807, 2.05) is 6.92 Å². The van der Waals surface area contributed by atoms with Crippen LogP contribution in [0.2, 0.25) is 0 Å². The van der Waals surface area contributed by atoms with Crippen LogP contribution in [0.3, 0.4) is 0 Å². The molecule has 0 aromatic carbocycles. The van der Waals surface area contributed by atoms with Gasteiger partial charge in [-0.25, -0.2) is 9.97 Å². The van der Waals surface area contributed by atoms with Crippen LogP contribution in [-0.2, 0) is 0 Å². The molecule has 0 spiro atoms. The minimum atomic E-state index is 0. The lowest BCUT2D eigenvalue weighted by molar-refractivity contribution is 0.360. The van der Waals surface area contributed by atoms with Gasteiger partial charge in [0.15, 0.2) is 0 Å². The molecule has 1 fully saturated rings. The monoisotopic (exact) mass is 361 g/mol. The van der Waals surface area contributed by atoms with E-state index < -0.39 is 0 Å². The molecule has 0 aliphatic heterocycles. The van der Waals surface area contributed by atoms with E-state index >= 15 is 0 Å². The highest BCUT2D eigenvalue weighted by Crippen LogP contribution is 2.26. The minimum absolute atomic E-state index is 0. The first-order chi connectivity index (χ1) is 8.06. The fourth-order valence-corrected chi connectivity index (χ4v) is 2.51. The number of anilines is 1. The molecule has 0 unspecified atom stereocenters. The van der Waals surface area contributed by atoms with Crippen LogP contribution in [0.25, 0.3) is 0 Å². The summed E-state index contributed by atoms with van der Waals surface area (Å²) < 4.78 is 0. The molecular formula is C14H24IN3. The Morgan fingerprint density at radius 1 is 1.00 bits per heavy atom. The summed E-state index contributed by atoms with van der Waals surface area (Å²) >= 11 is 0. The SMILES string of the molecule is Cc1nc(C)c(C)c(NC2CCC(C)CC2)n1.I. The highest BCUT2D eigenvalue weighted by Gasteiger charge is 2.19. The summed E-state index contributed by atoms with van der Waals surface area (Å²) in [7, 11) is 0. The summed E-state index contributed by atoms with van der Waals surface area (Å²) in [5.74, 6) is 2.79. The zero-order valence-corrected chi connectivity index (χ0v) is 14.1. The second-order valence-corrected chi connectivity index (χ2v) is 5.43. The van der Waals surface area contributed by atoms with Crippen LogP contribution < -0.4 is 5.32 Å². The summed E-state index contributed by atoms with van der Waals surface area (Å²) in [4.78, 5) is 8.91. The van der Waals surface area contributed by atoms with Crippen molar-refractivity contribution < 1.29 is 0 Å². The third-order valence-corrected chi connectivity index (χ3v) is 3.86. The summed E-state index contributed by atoms with van der Waals surface area (Å²) in [6, 6.07) is 0.596. The second kappa shape index (κ2) is 6.68. The minimum Gasteiger partial charge on any atom is -0.367 e. The van der Waals surface area contributed by atoms with Crippen molar-refractivity contribution in [1.29, 1.82) is 0 Å². The van der Waals surface area contributed by atoms with Crippen LogP contribution in [0.5, 0.6) is 0 Å². The molecule has 1 heterocycles. The molecule has 18 heavy (non-hydrogen) atoms. The van der Waals surface area contributed by atoms with E-state index in [4.69, 9.17) is 0 Å². The zero-order valence-electron chi connectivity index (χ0n) is 11.8. The van der Waals surface area contributed by atoms with E-state index in [9.17, 15) is 0 Å². The Morgan fingerprint density at radius 3 is 2.22 bits per heavy atom. The molecular weight excluding hydrogens is 337 g/mol. The Morgan fingerprint density at radius 2 is 1.61 bits per heavy atom. The quantitative estimate of drug-likeness (QED) is 0.809. The number of rotatable bonds is 2. The van der Waals surface area contributed by atoms with E-state index in [1.165, 1.54) is 31.2 Å². The van der Waals surface area contributed by atoms with Crippen LogP contribution in [0.1, 0.15) is 49.7 Å². The Balaban J connectivity index is 0.00000162. The van der Waals surface area contributed by atoms with Gasteiger partial charge in [-0.05, 0) is 52.4 Å². The Labute approximate surface area is 127 Å². The lowest BCUT2D eigenvalue weighted by Crippen LogP contribution is -2.26. The van der Waals surface area contributed by atoms with Crippen molar-refractivity contribution in [1.82, 2.24) is 9.97 Å². The summed E-state index contributed by atoms with van der Waals surface area (Å²) in [6.45, 7) is 8.46. The van der Waals surface area contributed by atoms with Crippen molar-refractivity contribution in [3.63, 3.8) is 0 Å². The highest BCUT2D eigenvalue weighted by atomic mass is 127. The van der Waals surface area contributed by atoms with Crippen molar-refractivity contribution >= 4 is 29.8 Å². The molecule has 102 valence electrons. The maximum absolute atomic E-state index is 4.52. The third kappa shape index (κ3) is 3.80. The molecule has 4 heteroatoms. The molecule has 1 N–H and O–H groups in total. The summed E-state index contributed by atoms with van der Waals surface area (Å²) in [6.07, 6.45) is 5.20. The van der Waals surface area contributed by atoms with Gasteiger partial charge in [-0.3, -0.25) is 0 Å². The second-order valence-electron chi connectivity index (χ2n) is 5.43. The van der Waals surface area contributed by atoms with Crippen LogP contribution in [-0.4, -0.2) is 16.0 Å². The maximum Gasteiger partial charge on any atom is 0.133 e. The molecule has 1 saturated carbocycles. The van der Waals surface area contributed by atoms with Gasteiger partial charge in [-0.15, -0.1) is 24.0 Å². The number of halogens is 1. The van der Waals surface area contributed by atoms with Crippen molar-refractivity contribution in [3.8, 4) is 0 Å². The summed E-state index contributed by atoms with van der Waals surface area (Å²) in [5, 5.41) is 3.60. The predicted octanol–water partition coefficient (Wildman–Crippen LogP) is 4.01. The smallest absolute Gasteiger partial charge is 0.133 e. The van der Waals surface area contributed by atoms with Crippen LogP contribution in [0.15, 0.2) is 0 Å². The van der Waals surface area contributed by atoms with E-state index in [0.717, 1.165) is 23.3 Å². The van der Waals surface area contributed by atoms with Gasteiger partial charge in [-0.1, -0.05) is 6.92 Å². The third-order valence-electron chi connectivity index (χ3n) is 3.86. The van der Waals surface area contributed by atoms with Gasteiger partial charge in [0, 0.05) is 17.3 Å². The number of hydrogen-bond donors (Lipinski definition) is 1. The maximum atomic E-state index is 4.52. The number of aromatic nitrogens is 2. The lowest BCUT2D eigenvalue weighted by atomic mass is 9.87. The fraction of sp³-hybridized carbons (Fsp3) is 0.714. The molecule has 0 amide bonds. The largest absolute Gasteiger partial charge is 0.367 e. The van der Waals surface area contributed by atoms with Gasteiger partial charge in [0.25, 0.3) is 0 Å². The summed E-state index contributed by atoms with van der Waals surface area (Å²) in [5.41, 5.74) is 2.28. The first-order valence-electron chi connectivity index (χ1n) is 6.64. The molecule has 3 nitrogen and oxygen atoms in total. The van der Waals surface area contributed by atoms with Gasteiger partial charge in [-0.2, -0.15) is 0 Å². The van der Waals surface area contributed by atoms with Crippen LogP contribution in [0.4, 0.5) is 5.82 Å². The molecule has 2 rings (SSSR count). The van der Waals surface area contributed by atoms with E-state index in [-0.39, 0.29) is 24.0 Å². The van der Waals surface area contributed by atoms with Crippen molar-refractivity contribution in [2.24, 2.45) is 5.92 Å². The first-order valence-corrected chi connectivity index (χ1v) is 6.64. The zero-order chi connectivity index (χ0) is 12.4. The van der Waals surface area contributed by atoms with Gasteiger partial charge in [0.2, 0.25) is 0 Å². The lowest BCUT2D eigenvalue weighted by Gasteiger charge is -2.28. The first kappa shape index (κ1) is 15.7. The number of nitrogens with zero attached hydrogens (tertiary/aromatic N) is 2. The Kier molecular flexibility index (Phi) is 5.82. The highest BCUT2D eigenvalue weighted by molar-refractivity contribution is 14.0. The van der Waals surface area contributed by atoms with Crippen molar-refractivity contribution in [2.45, 2.75) is 59.4 Å². The number of aryl methyl sites for hydroxylation is 2. The average Bonchev–Trinajstić information content (AvgIpc) is 2.28. The average molecular weight is 361 g/mol. The Bertz CT molecular complexity index is 398. The molecule has 1 aromatic heterocycles. The van der Waals surface area contributed by atoms with Gasteiger partial charge in [0.05, 0.1) is 0 Å². The molecule has 0 atom stereocenters. The molecule has 0 bridgehead atoms. The topological polar surface area (TPSA) is 37.8 Å². The van der Waals surface area contributed by atoms with Crippen LogP contribution in [0, 0.1) is 26.7 Å². The molecule has 1 aliphatic carbocycles. The van der Waals surface area contributed by atoms with Crippen LogP contribution >= 0.6 is 24.0 Å². The van der Waals surface area contributed by atoms with E-state index in [2.05, 4.69) is 36.1 Å². The van der Waals surface area contributed by atoms with E-state index in [0.29, 0.717) is 6.04 Å². The normalized spacial score (nSPS) is 23.3. The van der Waals surface area contributed by atoms with Crippen molar-refractivity contribution in [2.75, 3.05) is 5.32 Å². The standard InChI is InChI=1S/C14H23N3.HI/c1-9-5-7-13(8-6-9)17-14-10(2)11(3)15-12(4)16-14;/h9,13H,5-8H2,1-4H3,(H,15,16,17);1H. The predicted molar refractivity (Wildman–Crippen MR) is 86.7 cm³/mol. The van der Waals surface area contributed by atoms with Gasteiger partial charge < -0.3 is 5.32 Å². The van der Waals surface area contributed by atoms with Gasteiger partial charge in [0.1, 0.15) is 11.6 Å². The van der Waals surface area contributed by atoms with Crippen molar-refractivity contribution in [3.05, 3.63) is 17.1 Å². The Hall–Kier alpha value is -0.390. The molecule has 1 aromatic rings. The molecule has 0 saturated heterocycles. The number of nitrogens with one attached hydrogen (secondary N) is 1. The van der Waals surface area contributed by atoms with Gasteiger partial charge >= 0.3 is 0 Å².